The Morgan fingerprint density at radius 3 is 2.96 bits per heavy atom. The van der Waals surface area contributed by atoms with Crippen molar-refractivity contribution in [2.45, 2.75) is 44.1 Å². The summed E-state index contributed by atoms with van der Waals surface area (Å²) in [7, 11) is 1.47. The Morgan fingerprint density at radius 2 is 2.19 bits per heavy atom. The molecule has 1 aromatic carbocycles. The van der Waals surface area contributed by atoms with Crippen LogP contribution in [0.2, 0.25) is 0 Å². The number of para-hydroxylation sites is 1. The Balaban J connectivity index is 1.84. The first-order chi connectivity index (χ1) is 12.6. The van der Waals surface area contributed by atoms with E-state index in [1.54, 1.807) is 0 Å². The number of aromatic nitrogens is 1. The zero-order valence-electron chi connectivity index (χ0n) is 15.2. The molecule has 1 aliphatic carbocycles. The number of amides is 1. The number of piperidine rings is 2. The van der Waals surface area contributed by atoms with Crippen molar-refractivity contribution in [1.29, 1.82) is 0 Å². The second kappa shape index (κ2) is 5.35. The average Bonchev–Trinajstić information content (AvgIpc) is 3.02. The van der Waals surface area contributed by atoms with Crippen molar-refractivity contribution < 1.29 is 14.3 Å². The van der Waals surface area contributed by atoms with E-state index in [0.717, 1.165) is 48.0 Å². The highest BCUT2D eigenvalue weighted by atomic mass is 16.5. The maximum atomic E-state index is 13.3. The number of carbonyl (C=O) groups excluding carboxylic acids is 2. The van der Waals surface area contributed by atoms with Crippen molar-refractivity contribution in [1.82, 2.24) is 9.88 Å². The third kappa shape index (κ3) is 1.81. The molecular formula is C21H24N2O3. The number of hydrogen-bond donors (Lipinski definition) is 1. The number of H-pyrrole nitrogens is 1. The summed E-state index contributed by atoms with van der Waals surface area (Å²) >= 11 is 0. The number of carbonyl (C=O) groups is 2. The molecule has 1 aromatic heterocycles. The van der Waals surface area contributed by atoms with Crippen LogP contribution in [-0.2, 0) is 26.2 Å². The largest absolute Gasteiger partial charge is 0.468 e. The summed E-state index contributed by atoms with van der Waals surface area (Å²) in [5.74, 6) is 0.640. The maximum Gasteiger partial charge on any atom is 0.319 e. The highest BCUT2D eigenvalue weighted by molar-refractivity contribution is 5.96. The van der Waals surface area contributed by atoms with Crippen molar-refractivity contribution in [3.8, 4) is 0 Å². The molecule has 3 aliphatic heterocycles. The second-order valence-electron chi connectivity index (χ2n) is 8.13. The number of hydrogen-bond acceptors (Lipinski definition) is 3. The number of esters is 1. The number of rotatable bonds is 2. The lowest BCUT2D eigenvalue weighted by atomic mass is 9.56. The minimum Gasteiger partial charge on any atom is -0.468 e. The summed E-state index contributed by atoms with van der Waals surface area (Å²) in [5.41, 5.74) is 2.14. The van der Waals surface area contributed by atoms with Gasteiger partial charge in [-0.05, 0) is 36.3 Å². The Labute approximate surface area is 152 Å². The van der Waals surface area contributed by atoms with Gasteiger partial charge in [0.2, 0.25) is 5.91 Å². The van der Waals surface area contributed by atoms with Gasteiger partial charge in [-0.3, -0.25) is 9.59 Å². The smallest absolute Gasteiger partial charge is 0.319 e. The van der Waals surface area contributed by atoms with Gasteiger partial charge in [0, 0.05) is 23.1 Å². The molecule has 0 unspecified atom stereocenters. The second-order valence-corrected chi connectivity index (χ2v) is 8.13. The zero-order chi connectivity index (χ0) is 18.1. The van der Waals surface area contributed by atoms with Crippen molar-refractivity contribution in [2.24, 2.45) is 11.8 Å². The topological polar surface area (TPSA) is 62.4 Å². The van der Waals surface area contributed by atoms with Gasteiger partial charge in [0.05, 0.1) is 19.6 Å². The third-order valence-electron chi connectivity index (χ3n) is 6.97. The number of ether oxygens (including phenoxy) is 1. The molecule has 1 N–H and O–H groups in total. The molecule has 136 valence electrons. The lowest BCUT2D eigenvalue weighted by molar-refractivity contribution is -0.167. The normalized spacial score (nSPS) is 32.5. The van der Waals surface area contributed by atoms with Gasteiger partial charge in [0.15, 0.2) is 0 Å². The third-order valence-corrected chi connectivity index (χ3v) is 6.97. The zero-order valence-corrected chi connectivity index (χ0v) is 15.2. The van der Waals surface area contributed by atoms with Gasteiger partial charge < -0.3 is 14.6 Å². The minimum absolute atomic E-state index is 0.105. The predicted molar refractivity (Wildman–Crippen MR) is 97.7 cm³/mol. The average molecular weight is 352 g/mol. The molecule has 4 aliphatic rings. The summed E-state index contributed by atoms with van der Waals surface area (Å²) in [6.45, 7) is 2.95. The Morgan fingerprint density at radius 1 is 1.38 bits per heavy atom. The van der Waals surface area contributed by atoms with E-state index < -0.39 is 5.41 Å². The standard InChI is InChI=1S/C21H24N2O3/c1-3-13-8-12-10-21(20(25)26-2)18-15(9-17(24)23(11-12)19(13)21)14-6-4-5-7-16(14)22-18/h4-7,12-13,19,22H,3,8-11H2,1-2H3/t12-,13+,19+,21-/m1/s1. The molecule has 4 atom stereocenters. The van der Waals surface area contributed by atoms with E-state index in [4.69, 9.17) is 4.74 Å². The van der Waals surface area contributed by atoms with Crippen LogP contribution in [0.1, 0.15) is 37.4 Å². The number of methoxy groups -OCH3 is 1. The fourth-order valence-electron chi connectivity index (χ4n) is 6.07. The summed E-state index contributed by atoms with van der Waals surface area (Å²) in [6.07, 6.45) is 3.20. The number of nitrogens with zero attached hydrogens (tertiary/aromatic N) is 1. The number of aromatic amines is 1. The van der Waals surface area contributed by atoms with Crippen molar-refractivity contribution in [2.75, 3.05) is 13.7 Å². The molecule has 2 saturated heterocycles. The van der Waals surface area contributed by atoms with Crippen LogP contribution < -0.4 is 0 Å². The fraction of sp³-hybridized carbons (Fsp3) is 0.524. The molecule has 5 heteroatoms. The first kappa shape index (κ1) is 15.9. The van der Waals surface area contributed by atoms with E-state index in [2.05, 4.69) is 11.9 Å². The first-order valence-electron chi connectivity index (χ1n) is 9.58. The van der Waals surface area contributed by atoms with Gasteiger partial charge in [-0.2, -0.15) is 0 Å². The van der Waals surface area contributed by atoms with Crippen molar-refractivity contribution >= 4 is 22.8 Å². The SMILES string of the molecule is CC[C@H]1C[C@H]2CN3C(=O)Cc4c([nH]c5ccccc45)[C@](C(=O)OC)(C2)[C@H]13. The van der Waals surface area contributed by atoms with Crippen LogP contribution in [0.15, 0.2) is 24.3 Å². The van der Waals surface area contributed by atoms with E-state index in [9.17, 15) is 9.59 Å². The van der Waals surface area contributed by atoms with E-state index >= 15 is 0 Å². The van der Waals surface area contributed by atoms with Crippen LogP contribution >= 0.6 is 0 Å². The van der Waals surface area contributed by atoms with Gasteiger partial charge >= 0.3 is 5.97 Å². The number of fused-ring (bicyclic) bond motifs is 4. The lowest BCUT2D eigenvalue weighted by Gasteiger charge is -2.57. The van der Waals surface area contributed by atoms with E-state index in [-0.39, 0.29) is 17.9 Å². The number of benzene rings is 1. The molecular weight excluding hydrogens is 328 g/mol. The molecule has 1 amide bonds. The summed E-state index contributed by atoms with van der Waals surface area (Å²) in [5, 5.41) is 1.05. The van der Waals surface area contributed by atoms with Gasteiger partial charge in [-0.15, -0.1) is 0 Å². The molecule has 6 rings (SSSR count). The molecule has 2 aromatic rings. The van der Waals surface area contributed by atoms with E-state index in [0.29, 0.717) is 18.3 Å². The summed E-state index contributed by atoms with van der Waals surface area (Å²) in [6, 6.07) is 7.94. The summed E-state index contributed by atoms with van der Waals surface area (Å²) in [4.78, 5) is 32.0. The van der Waals surface area contributed by atoms with Crippen LogP contribution in [0.25, 0.3) is 10.9 Å². The highest BCUT2D eigenvalue weighted by Crippen LogP contribution is 2.55. The molecule has 4 heterocycles. The predicted octanol–water partition coefficient (Wildman–Crippen LogP) is 2.78. The van der Waals surface area contributed by atoms with Gasteiger partial charge in [0.25, 0.3) is 0 Å². The van der Waals surface area contributed by atoms with Crippen molar-refractivity contribution in [3.05, 3.63) is 35.5 Å². The summed E-state index contributed by atoms with van der Waals surface area (Å²) < 4.78 is 5.36. The monoisotopic (exact) mass is 352 g/mol. The molecule has 26 heavy (non-hydrogen) atoms. The minimum atomic E-state index is -0.767. The lowest BCUT2D eigenvalue weighted by Crippen LogP contribution is -2.68. The molecule has 5 nitrogen and oxygen atoms in total. The quantitative estimate of drug-likeness (QED) is 0.846. The molecule has 0 spiro atoms. The number of nitrogens with one attached hydrogen (secondary N) is 1. The Kier molecular flexibility index (Phi) is 3.27. The molecule has 1 saturated carbocycles. The van der Waals surface area contributed by atoms with E-state index in [1.165, 1.54) is 7.11 Å². The van der Waals surface area contributed by atoms with Crippen LogP contribution in [0.4, 0.5) is 0 Å². The molecule has 0 radical (unpaired) electrons. The Bertz CT molecular complexity index is 917. The van der Waals surface area contributed by atoms with Gasteiger partial charge in [-0.1, -0.05) is 31.5 Å². The Hall–Kier alpha value is -2.30. The van der Waals surface area contributed by atoms with Crippen molar-refractivity contribution in [3.63, 3.8) is 0 Å². The van der Waals surface area contributed by atoms with Crippen LogP contribution in [-0.4, -0.2) is 41.5 Å². The van der Waals surface area contributed by atoms with Gasteiger partial charge in [-0.25, -0.2) is 0 Å². The molecule has 4 bridgehead atoms. The van der Waals surface area contributed by atoms with Crippen LogP contribution in [0, 0.1) is 11.8 Å². The highest BCUT2D eigenvalue weighted by Gasteiger charge is 2.64. The molecule has 3 fully saturated rings. The maximum absolute atomic E-state index is 13.3. The van der Waals surface area contributed by atoms with Crippen LogP contribution in [0.3, 0.4) is 0 Å². The van der Waals surface area contributed by atoms with Crippen LogP contribution in [0.5, 0.6) is 0 Å². The van der Waals surface area contributed by atoms with E-state index in [1.807, 2.05) is 29.2 Å². The first-order valence-corrected chi connectivity index (χ1v) is 9.58. The fourth-order valence-corrected chi connectivity index (χ4v) is 6.07. The van der Waals surface area contributed by atoms with Gasteiger partial charge in [0.1, 0.15) is 5.41 Å².